The molecular formula is C48H81N3O36. The van der Waals surface area contributed by atoms with Crippen LogP contribution in [0.5, 0.6) is 0 Å². The summed E-state index contributed by atoms with van der Waals surface area (Å²) in [6.45, 7) is -3.96. The number of ether oxygens (including phenoxy) is 13. The Hall–Kier alpha value is -2.91. The van der Waals surface area contributed by atoms with Crippen LogP contribution in [0.3, 0.4) is 0 Å². The maximum Gasteiger partial charge on any atom is 0.217 e. The van der Waals surface area contributed by atoms with Gasteiger partial charge in [0.2, 0.25) is 17.7 Å². The quantitative estimate of drug-likeness (QED) is 0.0479. The van der Waals surface area contributed by atoms with E-state index in [1.807, 2.05) is 0 Å². The summed E-state index contributed by atoms with van der Waals surface area (Å²) in [4.78, 5) is 37.8. The third-order valence-electron chi connectivity index (χ3n) is 15.7. The summed E-state index contributed by atoms with van der Waals surface area (Å²) in [6.07, 6.45) is -62.3. The lowest BCUT2D eigenvalue weighted by atomic mass is 9.94. The smallest absolute Gasteiger partial charge is 0.217 e. The van der Waals surface area contributed by atoms with Gasteiger partial charge in [-0.1, -0.05) is 0 Å². The molecule has 0 unspecified atom stereocenters. The van der Waals surface area contributed by atoms with Gasteiger partial charge in [0.05, 0.1) is 46.2 Å². The Labute approximate surface area is 492 Å². The summed E-state index contributed by atoms with van der Waals surface area (Å²) in [7, 11) is 0. The fourth-order valence-corrected chi connectivity index (χ4v) is 11.1. The minimum absolute atomic E-state index is 0.829. The SMILES string of the molecule is CC(=O)N[C@H]1[C@H](OC[C@H]2O[C@@H](O[C@H]3[C@H](O)[C@@H](NC(C)=O)[C@H](O[C@H]4[C@@H](O)[C@@H](CO)O[C@@H](O[C@H]5[C@H](O)[C@@H](O)[C@H](O)O[C@@H]5CO)[C@@H]4O)O[C@@H]3CO)[C@H](O)[C@@H](O[C@@H]3O[C@H](CO)[C@@H](O)[C@H](O)[C@H]3NC(C)=O)[C@H]2O)O[C@H](CO)[C@@H](O[C@@H]2O[C@H](CO)[C@H](O)[C@H](O)[C@H]2O)[C@@H]1O. The van der Waals surface area contributed by atoms with E-state index >= 15 is 0 Å². The lowest BCUT2D eigenvalue weighted by Gasteiger charge is -2.50. The predicted octanol–water partition coefficient (Wildman–Crippen LogP) is -15.8. The standard InChI is InChI=1S/C48H81N3O36/c1-11(58)49-21-28(65)24(61)14(4-52)77-44(21)87-41-27(64)20(10-75-43-22(50-12(2)59)29(66)37(18(8-56)80-43)83-46-34(71)31(68)25(62)15(5-53)78-46)82-48(36(41)73)84-38-19(9-57)81-45(23(30(38)67)51-13(3)60)86-40-26(63)16(6-54)79-47(35(40)72)85-39-17(7-55)76-42(74)33(70)32(39)69/h14-48,52-57,61-74H,4-10H2,1-3H3,(H,49,58)(H,50,59)(H,51,60)/t14-,15-,16-,17-,18-,19-,20-,21-,22-,23-,24-,25+,26+,27+,28-,29-,30-,31+,32-,33-,34-,35-,36-,37-,38-,39-,40+,41+,42-,43-,44+,45+,46+,47+,48+/m1/s1. The van der Waals surface area contributed by atoms with Gasteiger partial charge in [0, 0.05) is 20.8 Å². The van der Waals surface area contributed by atoms with Crippen LogP contribution in [0.4, 0.5) is 0 Å². The van der Waals surface area contributed by atoms with Crippen molar-refractivity contribution in [2.45, 2.75) is 236 Å². The number of nitrogens with one attached hydrogen (secondary N) is 3. The second kappa shape index (κ2) is 31.1. The molecule has 39 nitrogen and oxygen atoms in total. The molecule has 0 aromatic heterocycles. The van der Waals surface area contributed by atoms with Gasteiger partial charge in [0.15, 0.2) is 44.0 Å². The number of carbonyl (C=O) groups excluding carboxylic acids is 3. The van der Waals surface area contributed by atoms with Crippen LogP contribution in [0.2, 0.25) is 0 Å². The molecule has 35 atom stereocenters. The molecule has 0 spiro atoms. The van der Waals surface area contributed by atoms with E-state index in [4.69, 9.17) is 61.6 Å². The Kier molecular flexibility index (Phi) is 25.6. The van der Waals surface area contributed by atoms with Crippen molar-refractivity contribution in [3.8, 4) is 0 Å². The maximum absolute atomic E-state index is 12.8. The fraction of sp³-hybridized carbons (Fsp3) is 0.938. The number of hydrogen-bond acceptors (Lipinski definition) is 36. The molecule has 0 aliphatic carbocycles. The largest absolute Gasteiger partial charge is 0.394 e. The summed E-state index contributed by atoms with van der Waals surface area (Å²) in [6, 6.07) is -5.34. The van der Waals surface area contributed by atoms with Crippen LogP contribution >= 0.6 is 0 Å². The zero-order valence-electron chi connectivity index (χ0n) is 46.6. The maximum atomic E-state index is 12.8. The Bertz CT molecular complexity index is 2190. The highest BCUT2D eigenvalue weighted by Gasteiger charge is 2.59. The molecule has 3 amide bonds. The highest BCUT2D eigenvalue weighted by atomic mass is 16.8. The number of hydrogen-bond donors (Lipinski definition) is 23. The van der Waals surface area contributed by atoms with Crippen LogP contribution in [0.1, 0.15) is 20.8 Å². The van der Waals surface area contributed by atoms with E-state index in [9.17, 15) is 117 Å². The van der Waals surface area contributed by atoms with Gasteiger partial charge < -0.3 is 180 Å². The molecule has 39 heteroatoms. The molecule has 7 aliphatic heterocycles. The highest BCUT2D eigenvalue weighted by Crippen LogP contribution is 2.37. The van der Waals surface area contributed by atoms with E-state index in [0.29, 0.717) is 0 Å². The van der Waals surface area contributed by atoms with Crippen molar-refractivity contribution in [1.29, 1.82) is 0 Å². The van der Waals surface area contributed by atoms with Crippen molar-refractivity contribution < 1.29 is 178 Å². The van der Waals surface area contributed by atoms with Crippen molar-refractivity contribution in [2.24, 2.45) is 0 Å². The van der Waals surface area contributed by atoms with Crippen LogP contribution in [0, 0.1) is 0 Å². The van der Waals surface area contributed by atoms with Crippen LogP contribution in [-0.4, -0.2) is 381 Å². The molecule has 504 valence electrons. The zero-order chi connectivity index (χ0) is 64.2. The van der Waals surface area contributed by atoms with Gasteiger partial charge in [-0.15, -0.1) is 0 Å². The Balaban J connectivity index is 1.17. The predicted molar refractivity (Wildman–Crippen MR) is 267 cm³/mol. The molecule has 23 N–H and O–H groups in total. The van der Waals surface area contributed by atoms with Gasteiger partial charge >= 0.3 is 0 Å². The zero-order valence-corrected chi connectivity index (χ0v) is 46.6. The van der Waals surface area contributed by atoms with Crippen molar-refractivity contribution >= 4 is 17.7 Å². The summed E-state index contributed by atoms with van der Waals surface area (Å²) in [5.41, 5.74) is 0. The monoisotopic (exact) mass is 1280 g/mol. The molecule has 7 rings (SSSR count). The lowest BCUT2D eigenvalue weighted by Crippen LogP contribution is -2.70. The molecule has 0 saturated carbocycles. The van der Waals surface area contributed by atoms with E-state index in [2.05, 4.69) is 16.0 Å². The molecule has 0 bridgehead atoms. The summed E-state index contributed by atoms with van der Waals surface area (Å²) in [5, 5.41) is 223. The topological polar surface area (TPSA) is 612 Å². The molecule has 7 fully saturated rings. The fourth-order valence-electron chi connectivity index (χ4n) is 11.1. The Morgan fingerprint density at radius 3 is 1.05 bits per heavy atom. The first kappa shape index (κ1) is 71.5. The molecule has 0 aromatic rings. The second-order valence-electron chi connectivity index (χ2n) is 21.8. The molecule has 7 aliphatic rings. The van der Waals surface area contributed by atoms with Crippen molar-refractivity contribution in [2.75, 3.05) is 46.2 Å². The number of amides is 3. The average molecular weight is 1280 g/mol. The second-order valence-corrected chi connectivity index (χ2v) is 21.8. The molecule has 7 saturated heterocycles. The average Bonchev–Trinajstić information content (AvgIpc) is 1.27. The molecule has 0 aromatic carbocycles. The molecule has 0 radical (unpaired) electrons. The van der Waals surface area contributed by atoms with E-state index in [0.717, 1.165) is 20.8 Å². The summed E-state index contributed by atoms with van der Waals surface area (Å²) >= 11 is 0. The highest BCUT2D eigenvalue weighted by molar-refractivity contribution is 5.74. The van der Waals surface area contributed by atoms with Gasteiger partial charge in [-0.25, -0.2) is 0 Å². The van der Waals surface area contributed by atoms with Gasteiger partial charge in [0.25, 0.3) is 0 Å². The third kappa shape index (κ3) is 15.8. The first-order chi connectivity index (χ1) is 41.1. The van der Waals surface area contributed by atoms with Crippen molar-refractivity contribution in [3.63, 3.8) is 0 Å². The first-order valence-electron chi connectivity index (χ1n) is 27.6. The summed E-state index contributed by atoms with van der Waals surface area (Å²) in [5.74, 6) is -2.58. The van der Waals surface area contributed by atoms with Crippen molar-refractivity contribution in [1.82, 2.24) is 16.0 Å². The van der Waals surface area contributed by atoms with Gasteiger partial charge in [0.1, 0.15) is 171 Å². The van der Waals surface area contributed by atoms with Gasteiger partial charge in [-0.05, 0) is 0 Å². The number of aliphatic hydroxyl groups is 20. The van der Waals surface area contributed by atoms with Gasteiger partial charge in [-0.2, -0.15) is 0 Å². The minimum atomic E-state index is -2.34. The molecule has 87 heavy (non-hydrogen) atoms. The number of rotatable bonds is 22. The molecule has 7 heterocycles. The van der Waals surface area contributed by atoms with E-state index in [1.165, 1.54) is 0 Å². The van der Waals surface area contributed by atoms with E-state index < -0.39 is 279 Å². The van der Waals surface area contributed by atoms with E-state index in [1.54, 1.807) is 0 Å². The Morgan fingerprint density at radius 2 is 0.609 bits per heavy atom. The van der Waals surface area contributed by atoms with Crippen LogP contribution < -0.4 is 16.0 Å². The normalized spacial score (nSPS) is 48.9. The van der Waals surface area contributed by atoms with Crippen molar-refractivity contribution in [3.05, 3.63) is 0 Å². The van der Waals surface area contributed by atoms with Crippen LogP contribution in [0.25, 0.3) is 0 Å². The minimum Gasteiger partial charge on any atom is -0.394 e. The van der Waals surface area contributed by atoms with E-state index in [-0.39, 0.29) is 0 Å². The number of carbonyl (C=O) groups is 3. The molecular weight excluding hydrogens is 1190 g/mol. The third-order valence-corrected chi connectivity index (χ3v) is 15.7. The summed E-state index contributed by atoms with van der Waals surface area (Å²) < 4.78 is 75.1. The van der Waals surface area contributed by atoms with Gasteiger partial charge in [-0.3, -0.25) is 14.4 Å². The Morgan fingerprint density at radius 1 is 0.299 bits per heavy atom. The lowest BCUT2D eigenvalue weighted by molar-refractivity contribution is -0.386. The van der Waals surface area contributed by atoms with Crippen LogP contribution in [0.15, 0.2) is 0 Å². The first-order valence-corrected chi connectivity index (χ1v) is 27.6. The van der Waals surface area contributed by atoms with Crippen LogP contribution in [-0.2, 0) is 76.0 Å². The number of aliphatic hydroxyl groups excluding tert-OH is 20.